The van der Waals surface area contributed by atoms with E-state index in [4.69, 9.17) is 9.47 Å². The predicted molar refractivity (Wildman–Crippen MR) is 109 cm³/mol. The monoisotopic (exact) mass is 380 g/mol. The Bertz CT molecular complexity index is 842. The van der Waals surface area contributed by atoms with Crippen LogP contribution in [-0.4, -0.2) is 48.0 Å². The molecule has 2 aromatic rings. The number of carbonyl (C=O) groups excluding carboxylic acids is 1. The molecule has 1 aromatic carbocycles. The Kier molecular flexibility index (Phi) is 5.64. The molecule has 2 aliphatic rings. The first-order valence-electron chi connectivity index (χ1n) is 10.1. The molecule has 0 bridgehead atoms. The van der Waals surface area contributed by atoms with Gasteiger partial charge in [0, 0.05) is 42.2 Å². The van der Waals surface area contributed by atoms with Crippen molar-refractivity contribution >= 4 is 12.0 Å². The quantitative estimate of drug-likeness (QED) is 0.760. The Morgan fingerprint density at radius 2 is 1.75 bits per heavy atom. The normalized spacial score (nSPS) is 19.0. The van der Waals surface area contributed by atoms with E-state index in [0.29, 0.717) is 19.1 Å². The number of para-hydroxylation sites is 1. The van der Waals surface area contributed by atoms with Gasteiger partial charge in [-0.1, -0.05) is 18.2 Å². The number of benzene rings is 1. The number of aromatic nitrogens is 1. The minimum atomic E-state index is -0.0730. The third-order valence-electron chi connectivity index (χ3n) is 5.77. The van der Waals surface area contributed by atoms with Gasteiger partial charge in [-0.2, -0.15) is 0 Å². The van der Waals surface area contributed by atoms with Crippen molar-refractivity contribution in [3.63, 3.8) is 0 Å². The fraction of sp³-hybridized carbons (Fsp3) is 0.435. The number of likely N-dealkylation sites (tertiary alicyclic amines) is 1. The number of piperidine rings is 1. The van der Waals surface area contributed by atoms with Crippen molar-refractivity contribution < 1.29 is 14.3 Å². The molecule has 3 heterocycles. The first-order valence-corrected chi connectivity index (χ1v) is 10.1. The van der Waals surface area contributed by atoms with E-state index in [2.05, 4.69) is 36.6 Å². The number of hydrogen-bond donors (Lipinski definition) is 0. The van der Waals surface area contributed by atoms with Crippen molar-refractivity contribution in [1.29, 1.82) is 0 Å². The molecule has 2 aliphatic heterocycles. The second kappa shape index (κ2) is 8.33. The molecular formula is C23H28N2O3. The molecule has 0 aliphatic carbocycles. The molecule has 5 heteroatoms. The summed E-state index contributed by atoms with van der Waals surface area (Å²) in [5, 5.41) is 0. The van der Waals surface area contributed by atoms with Gasteiger partial charge in [0.15, 0.2) is 6.29 Å². The molecule has 0 unspecified atom stereocenters. The van der Waals surface area contributed by atoms with E-state index in [1.54, 1.807) is 6.08 Å². The van der Waals surface area contributed by atoms with Crippen molar-refractivity contribution in [2.24, 2.45) is 5.92 Å². The van der Waals surface area contributed by atoms with Crippen LogP contribution in [0, 0.1) is 19.8 Å². The summed E-state index contributed by atoms with van der Waals surface area (Å²) >= 11 is 0. The van der Waals surface area contributed by atoms with Crippen LogP contribution in [0.5, 0.6) is 0 Å². The summed E-state index contributed by atoms with van der Waals surface area (Å²) in [6.07, 6.45) is 5.45. The van der Waals surface area contributed by atoms with Gasteiger partial charge in [-0.05, 0) is 56.5 Å². The molecule has 0 radical (unpaired) electrons. The fourth-order valence-corrected chi connectivity index (χ4v) is 4.24. The highest BCUT2D eigenvalue weighted by molar-refractivity contribution is 5.92. The van der Waals surface area contributed by atoms with Gasteiger partial charge in [-0.3, -0.25) is 4.79 Å². The Balaban J connectivity index is 1.40. The van der Waals surface area contributed by atoms with Crippen molar-refractivity contribution in [2.75, 3.05) is 26.3 Å². The predicted octanol–water partition coefficient (Wildman–Crippen LogP) is 3.72. The van der Waals surface area contributed by atoms with Gasteiger partial charge in [0.05, 0.1) is 13.2 Å². The van der Waals surface area contributed by atoms with E-state index in [0.717, 1.165) is 48.6 Å². The molecule has 28 heavy (non-hydrogen) atoms. The molecule has 2 saturated heterocycles. The van der Waals surface area contributed by atoms with Crippen LogP contribution in [0.3, 0.4) is 0 Å². The smallest absolute Gasteiger partial charge is 0.246 e. The van der Waals surface area contributed by atoms with Crippen LogP contribution >= 0.6 is 0 Å². The largest absolute Gasteiger partial charge is 0.350 e. The SMILES string of the molecule is Cc1cc(/C=C/C(=O)N2CCC(C3OCCO3)CC2)c(C)n1-c1ccccc1. The zero-order valence-electron chi connectivity index (χ0n) is 16.6. The zero-order valence-corrected chi connectivity index (χ0v) is 16.6. The van der Waals surface area contributed by atoms with E-state index in [1.807, 2.05) is 29.2 Å². The summed E-state index contributed by atoms with van der Waals surface area (Å²) in [5.74, 6) is 0.483. The number of carbonyl (C=O) groups is 1. The van der Waals surface area contributed by atoms with Crippen molar-refractivity contribution in [2.45, 2.75) is 33.0 Å². The Morgan fingerprint density at radius 1 is 1.07 bits per heavy atom. The van der Waals surface area contributed by atoms with Crippen LogP contribution < -0.4 is 0 Å². The molecule has 5 nitrogen and oxygen atoms in total. The molecule has 1 amide bonds. The third kappa shape index (κ3) is 3.91. The van der Waals surface area contributed by atoms with Gasteiger partial charge in [-0.15, -0.1) is 0 Å². The lowest BCUT2D eigenvalue weighted by Gasteiger charge is -2.33. The third-order valence-corrected chi connectivity index (χ3v) is 5.77. The maximum atomic E-state index is 12.6. The Hall–Kier alpha value is -2.37. The molecule has 148 valence electrons. The van der Waals surface area contributed by atoms with Crippen LogP contribution in [0.1, 0.15) is 29.8 Å². The number of rotatable bonds is 4. The summed E-state index contributed by atoms with van der Waals surface area (Å²) in [4.78, 5) is 14.6. The summed E-state index contributed by atoms with van der Waals surface area (Å²) in [6.45, 7) is 7.09. The minimum Gasteiger partial charge on any atom is -0.350 e. The molecule has 0 spiro atoms. The maximum Gasteiger partial charge on any atom is 0.246 e. The molecule has 0 saturated carbocycles. The van der Waals surface area contributed by atoms with E-state index in [1.165, 1.54) is 0 Å². The summed E-state index contributed by atoms with van der Waals surface area (Å²) in [6, 6.07) is 12.4. The van der Waals surface area contributed by atoms with Crippen LogP contribution in [-0.2, 0) is 14.3 Å². The van der Waals surface area contributed by atoms with Gasteiger partial charge in [0.1, 0.15) is 0 Å². The molecule has 0 atom stereocenters. The van der Waals surface area contributed by atoms with Crippen molar-refractivity contribution in [3.8, 4) is 5.69 Å². The van der Waals surface area contributed by atoms with Crippen molar-refractivity contribution in [1.82, 2.24) is 9.47 Å². The number of hydrogen-bond acceptors (Lipinski definition) is 3. The Morgan fingerprint density at radius 3 is 2.43 bits per heavy atom. The zero-order chi connectivity index (χ0) is 19.5. The van der Waals surface area contributed by atoms with E-state index >= 15 is 0 Å². The number of nitrogens with zero attached hydrogens (tertiary/aromatic N) is 2. The topological polar surface area (TPSA) is 43.7 Å². The second-order valence-electron chi connectivity index (χ2n) is 7.60. The van der Waals surface area contributed by atoms with Gasteiger partial charge < -0.3 is 18.9 Å². The lowest BCUT2D eigenvalue weighted by Crippen LogP contribution is -2.40. The average molecular weight is 380 g/mol. The van der Waals surface area contributed by atoms with E-state index < -0.39 is 0 Å². The highest BCUT2D eigenvalue weighted by Crippen LogP contribution is 2.26. The highest BCUT2D eigenvalue weighted by Gasteiger charge is 2.31. The highest BCUT2D eigenvalue weighted by atomic mass is 16.7. The fourth-order valence-electron chi connectivity index (χ4n) is 4.24. The van der Waals surface area contributed by atoms with Crippen LogP contribution in [0.25, 0.3) is 11.8 Å². The van der Waals surface area contributed by atoms with Crippen molar-refractivity contribution in [3.05, 3.63) is 59.4 Å². The maximum absolute atomic E-state index is 12.6. The molecular weight excluding hydrogens is 352 g/mol. The summed E-state index contributed by atoms with van der Waals surface area (Å²) < 4.78 is 13.4. The lowest BCUT2D eigenvalue weighted by molar-refractivity contribution is -0.131. The van der Waals surface area contributed by atoms with Gasteiger partial charge in [0.2, 0.25) is 5.91 Å². The summed E-state index contributed by atoms with van der Waals surface area (Å²) in [7, 11) is 0. The van der Waals surface area contributed by atoms with Crippen LogP contribution in [0.2, 0.25) is 0 Å². The first-order chi connectivity index (χ1) is 13.6. The molecule has 4 rings (SSSR count). The molecule has 0 N–H and O–H groups in total. The second-order valence-corrected chi connectivity index (χ2v) is 7.60. The molecule has 1 aromatic heterocycles. The summed E-state index contributed by atoms with van der Waals surface area (Å²) in [5.41, 5.74) is 4.52. The number of aryl methyl sites for hydroxylation is 1. The lowest BCUT2D eigenvalue weighted by atomic mass is 9.96. The van der Waals surface area contributed by atoms with E-state index in [9.17, 15) is 4.79 Å². The van der Waals surface area contributed by atoms with Gasteiger partial charge in [0.25, 0.3) is 0 Å². The first kappa shape index (κ1) is 19.0. The van der Waals surface area contributed by atoms with Crippen LogP contribution in [0.4, 0.5) is 0 Å². The number of ether oxygens (including phenoxy) is 2. The minimum absolute atomic E-state index is 0.0730. The standard InChI is InChI=1S/C23H28N2O3/c1-17-16-20(18(2)25(17)21-6-4-3-5-7-21)8-9-22(26)24-12-10-19(11-13-24)23-27-14-15-28-23/h3-9,16,19,23H,10-15H2,1-2H3/b9-8+. The van der Waals surface area contributed by atoms with Crippen LogP contribution in [0.15, 0.2) is 42.5 Å². The Labute approximate surface area is 166 Å². The number of amides is 1. The molecule has 2 fully saturated rings. The van der Waals surface area contributed by atoms with E-state index in [-0.39, 0.29) is 12.2 Å². The van der Waals surface area contributed by atoms with Gasteiger partial charge >= 0.3 is 0 Å². The average Bonchev–Trinajstić information content (AvgIpc) is 3.35. The van der Waals surface area contributed by atoms with Gasteiger partial charge in [-0.25, -0.2) is 0 Å².